The molecule has 0 aliphatic carbocycles. The fraction of sp³-hybridized carbons (Fsp3) is 0.222. The molecule has 0 atom stereocenters. The van der Waals surface area contributed by atoms with E-state index in [9.17, 15) is 9.59 Å². The first-order valence-corrected chi connectivity index (χ1v) is 7.24. The molecule has 0 aromatic heterocycles. The minimum Gasteiger partial charge on any atom is -0.493 e. The lowest BCUT2D eigenvalue weighted by molar-refractivity contribution is 0.0687. The summed E-state index contributed by atoms with van der Waals surface area (Å²) in [6.07, 6.45) is 0. The Bertz CT molecular complexity index is 689. The molecule has 5 nitrogen and oxygen atoms in total. The van der Waals surface area contributed by atoms with Gasteiger partial charge >= 0.3 is 11.9 Å². The monoisotopic (exact) mass is 314 g/mol. The number of aromatic carboxylic acids is 1. The van der Waals surface area contributed by atoms with E-state index in [2.05, 4.69) is 13.8 Å². The number of esters is 1. The fourth-order valence-electron chi connectivity index (χ4n) is 1.81. The molecule has 0 bridgehead atoms. The van der Waals surface area contributed by atoms with Crippen LogP contribution < -0.4 is 9.47 Å². The topological polar surface area (TPSA) is 72.8 Å². The molecular weight excluding hydrogens is 296 g/mol. The van der Waals surface area contributed by atoms with Crippen molar-refractivity contribution < 1.29 is 24.2 Å². The lowest BCUT2D eigenvalue weighted by atomic mass is 10.2. The van der Waals surface area contributed by atoms with Crippen molar-refractivity contribution in [2.75, 3.05) is 6.61 Å². The molecule has 23 heavy (non-hydrogen) atoms. The highest BCUT2D eigenvalue weighted by Crippen LogP contribution is 2.17. The van der Waals surface area contributed by atoms with Crippen LogP contribution in [0, 0.1) is 5.92 Å². The van der Waals surface area contributed by atoms with Gasteiger partial charge < -0.3 is 14.6 Å². The van der Waals surface area contributed by atoms with Crippen molar-refractivity contribution in [3.63, 3.8) is 0 Å². The number of benzene rings is 2. The zero-order chi connectivity index (χ0) is 16.8. The van der Waals surface area contributed by atoms with E-state index in [1.54, 1.807) is 24.3 Å². The van der Waals surface area contributed by atoms with E-state index < -0.39 is 11.9 Å². The maximum absolute atomic E-state index is 12.1. The number of ether oxygens (including phenoxy) is 2. The van der Waals surface area contributed by atoms with Crippen LogP contribution in [0.4, 0.5) is 0 Å². The van der Waals surface area contributed by atoms with E-state index in [-0.39, 0.29) is 11.3 Å². The molecule has 0 spiro atoms. The van der Waals surface area contributed by atoms with Crippen LogP contribution >= 0.6 is 0 Å². The number of carboxylic acids is 1. The predicted molar refractivity (Wildman–Crippen MR) is 85.1 cm³/mol. The molecule has 2 rings (SSSR count). The lowest BCUT2D eigenvalue weighted by Crippen LogP contribution is -2.09. The standard InChI is InChI=1S/C18H18O5/c1-12(2)11-22-15-8-6-13(7-9-15)18(21)23-16-5-3-4-14(10-16)17(19)20/h3-10,12H,11H2,1-2H3,(H,19,20). The van der Waals surface area contributed by atoms with Crippen LogP contribution in [0.25, 0.3) is 0 Å². The van der Waals surface area contributed by atoms with Crippen molar-refractivity contribution in [1.82, 2.24) is 0 Å². The van der Waals surface area contributed by atoms with Crippen LogP contribution in [0.1, 0.15) is 34.6 Å². The first kappa shape index (κ1) is 16.5. The van der Waals surface area contributed by atoms with E-state index in [1.807, 2.05) is 0 Å². The Morgan fingerprint density at radius 1 is 1.00 bits per heavy atom. The summed E-state index contributed by atoms with van der Waals surface area (Å²) in [4.78, 5) is 23.0. The predicted octanol–water partition coefficient (Wildman–Crippen LogP) is 3.64. The smallest absolute Gasteiger partial charge is 0.343 e. The average Bonchev–Trinajstić information content (AvgIpc) is 2.53. The van der Waals surface area contributed by atoms with Gasteiger partial charge in [0.1, 0.15) is 11.5 Å². The van der Waals surface area contributed by atoms with Crippen LogP contribution in [0.2, 0.25) is 0 Å². The third-order valence-corrected chi connectivity index (χ3v) is 2.96. The maximum atomic E-state index is 12.1. The zero-order valence-corrected chi connectivity index (χ0v) is 13.0. The van der Waals surface area contributed by atoms with Crippen molar-refractivity contribution in [1.29, 1.82) is 0 Å². The summed E-state index contributed by atoms with van der Waals surface area (Å²) in [7, 11) is 0. The molecule has 0 unspecified atom stereocenters. The van der Waals surface area contributed by atoms with Gasteiger partial charge in [-0.25, -0.2) is 9.59 Å². The Balaban J connectivity index is 2.03. The van der Waals surface area contributed by atoms with Gasteiger partial charge in [0.2, 0.25) is 0 Å². The molecule has 2 aromatic rings. The number of hydrogen-bond acceptors (Lipinski definition) is 4. The van der Waals surface area contributed by atoms with Gasteiger partial charge in [0, 0.05) is 0 Å². The molecule has 0 saturated carbocycles. The van der Waals surface area contributed by atoms with Crippen LogP contribution in [0.3, 0.4) is 0 Å². The molecule has 1 N–H and O–H groups in total. The molecule has 0 aliphatic heterocycles. The summed E-state index contributed by atoms with van der Waals surface area (Å²) in [6, 6.07) is 12.4. The number of hydrogen-bond donors (Lipinski definition) is 1. The minimum absolute atomic E-state index is 0.0627. The van der Waals surface area contributed by atoms with Crippen molar-refractivity contribution >= 4 is 11.9 Å². The third kappa shape index (κ3) is 4.85. The molecule has 0 aliphatic rings. The summed E-state index contributed by atoms with van der Waals surface area (Å²) in [5.74, 6) is -0.336. The van der Waals surface area contributed by atoms with E-state index in [0.717, 1.165) is 0 Å². The van der Waals surface area contributed by atoms with E-state index in [1.165, 1.54) is 24.3 Å². The van der Waals surface area contributed by atoms with Crippen LogP contribution in [-0.2, 0) is 0 Å². The summed E-state index contributed by atoms with van der Waals surface area (Å²) >= 11 is 0. The number of carbonyl (C=O) groups is 2. The molecule has 120 valence electrons. The maximum Gasteiger partial charge on any atom is 0.343 e. The van der Waals surface area contributed by atoms with Crippen molar-refractivity contribution in [3.05, 3.63) is 59.7 Å². The average molecular weight is 314 g/mol. The van der Waals surface area contributed by atoms with E-state index >= 15 is 0 Å². The highest BCUT2D eigenvalue weighted by atomic mass is 16.5. The first-order valence-electron chi connectivity index (χ1n) is 7.24. The number of carbonyl (C=O) groups excluding carboxylic acids is 1. The Morgan fingerprint density at radius 2 is 1.70 bits per heavy atom. The second kappa shape index (κ2) is 7.45. The highest BCUT2D eigenvalue weighted by Gasteiger charge is 2.11. The van der Waals surface area contributed by atoms with Gasteiger partial charge in [0.05, 0.1) is 17.7 Å². The molecule has 5 heteroatoms. The quantitative estimate of drug-likeness (QED) is 0.651. The van der Waals surface area contributed by atoms with Gasteiger partial charge in [-0.1, -0.05) is 19.9 Å². The van der Waals surface area contributed by atoms with Gasteiger partial charge in [-0.05, 0) is 48.4 Å². The number of rotatable bonds is 6. The SMILES string of the molecule is CC(C)COc1ccc(C(=O)Oc2cccc(C(=O)O)c2)cc1. The minimum atomic E-state index is -1.07. The first-order chi connectivity index (χ1) is 11.0. The summed E-state index contributed by atoms with van der Waals surface area (Å²) < 4.78 is 10.7. The Morgan fingerprint density at radius 3 is 2.30 bits per heavy atom. The van der Waals surface area contributed by atoms with Crippen LogP contribution in [0.15, 0.2) is 48.5 Å². The zero-order valence-electron chi connectivity index (χ0n) is 13.0. The third-order valence-electron chi connectivity index (χ3n) is 2.96. The Hall–Kier alpha value is -2.82. The van der Waals surface area contributed by atoms with Crippen molar-refractivity contribution in [3.8, 4) is 11.5 Å². The number of carboxylic acid groups (broad SMARTS) is 1. The van der Waals surface area contributed by atoms with Crippen LogP contribution in [-0.4, -0.2) is 23.7 Å². The summed E-state index contributed by atoms with van der Waals surface area (Å²) in [5.41, 5.74) is 0.426. The second-order valence-corrected chi connectivity index (χ2v) is 5.45. The molecule has 0 saturated heterocycles. The highest BCUT2D eigenvalue weighted by molar-refractivity contribution is 5.92. The fourth-order valence-corrected chi connectivity index (χ4v) is 1.81. The van der Waals surface area contributed by atoms with Crippen LogP contribution in [0.5, 0.6) is 11.5 Å². The molecular formula is C18H18O5. The van der Waals surface area contributed by atoms with Gasteiger partial charge in [0.15, 0.2) is 0 Å². The summed E-state index contributed by atoms with van der Waals surface area (Å²) in [6.45, 7) is 4.71. The van der Waals surface area contributed by atoms with Gasteiger partial charge in [-0.3, -0.25) is 0 Å². The molecule has 0 radical (unpaired) electrons. The van der Waals surface area contributed by atoms with E-state index in [0.29, 0.717) is 23.8 Å². The van der Waals surface area contributed by atoms with Gasteiger partial charge in [-0.15, -0.1) is 0 Å². The molecule has 0 amide bonds. The van der Waals surface area contributed by atoms with Crippen molar-refractivity contribution in [2.24, 2.45) is 5.92 Å². The van der Waals surface area contributed by atoms with E-state index in [4.69, 9.17) is 14.6 Å². The van der Waals surface area contributed by atoms with Gasteiger partial charge in [0.25, 0.3) is 0 Å². The lowest BCUT2D eigenvalue weighted by Gasteiger charge is -2.09. The largest absolute Gasteiger partial charge is 0.493 e. The molecule has 0 heterocycles. The molecule has 2 aromatic carbocycles. The van der Waals surface area contributed by atoms with Crippen molar-refractivity contribution in [2.45, 2.75) is 13.8 Å². The Labute approximate surface area is 134 Å². The molecule has 0 fully saturated rings. The summed E-state index contributed by atoms with van der Waals surface area (Å²) in [5, 5.41) is 8.93. The normalized spacial score (nSPS) is 10.4. The second-order valence-electron chi connectivity index (χ2n) is 5.45. The Kier molecular flexibility index (Phi) is 5.36. The van der Waals surface area contributed by atoms with Gasteiger partial charge in [-0.2, -0.15) is 0 Å².